The molecule has 0 aliphatic heterocycles. The number of aryl methyl sites for hydroxylation is 1. The van der Waals surface area contributed by atoms with Crippen LogP contribution in [0.15, 0.2) is 18.2 Å². The molecule has 0 bridgehead atoms. The third-order valence-corrected chi connectivity index (χ3v) is 2.90. The minimum absolute atomic E-state index is 0.0280. The second-order valence-corrected chi connectivity index (χ2v) is 4.81. The number of hydrogen-bond donors (Lipinski definition) is 1. The molecule has 1 aromatic carbocycles. The molecule has 0 radical (unpaired) electrons. The molecule has 0 saturated carbocycles. The first-order valence-electron chi connectivity index (χ1n) is 6.27. The first-order chi connectivity index (χ1) is 9.19. The fourth-order valence-corrected chi connectivity index (χ4v) is 1.92. The average Bonchev–Trinajstić information content (AvgIpc) is 2.26. The SMILES string of the molecule is Cc1cc(NC(C)CCCC(F)(F)F)ccc1[N+](=O)[O-]. The van der Waals surface area contributed by atoms with Gasteiger partial charge < -0.3 is 5.32 Å². The molecule has 1 atom stereocenters. The highest BCUT2D eigenvalue weighted by atomic mass is 19.4. The van der Waals surface area contributed by atoms with Crippen LogP contribution in [0.25, 0.3) is 0 Å². The van der Waals surface area contributed by atoms with Crippen LogP contribution in [0.3, 0.4) is 0 Å². The van der Waals surface area contributed by atoms with E-state index in [9.17, 15) is 23.3 Å². The predicted molar refractivity (Wildman–Crippen MR) is 70.8 cm³/mol. The standard InChI is InChI=1S/C13H17F3N2O2/c1-9-8-11(5-6-12(9)18(19)20)17-10(2)4-3-7-13(14,15)16/h5-6,8,10,17H,3-4,7H2,1-2H3. The van der Waals surface area contributed by atoms with Crippen molar-refractivity contribution in [2.45, 2.75) is 45.3 Å². The lowest BCUT2D eigenvalue weighted by Crippen LogP contribution is -2.16. The highest BCUT2D eigenvalue weighted by Gasteiger charge is 2.26. The van der Waals surface area contributed by atoms with Crippen LogP contribution in [0.1, 0.15) is 31.7 Å². The summed E-state index contributed by atoms with van der Waals surface area (Å²) in [6, 6.07) is 4.45. The van der Waals surface area contributed by atoms with Crippen LogP contribution < -0.4 is 5.32 Å². The summed E-state index contributed by atoms with van der Waals surface area (Å²) in [6.45, 7) is 3.41. The molecule has 20 heavy (non-hydrogen) atoms. The number of rotatable bonds is 6. The van der Waals surface area contributed by atoms with E-state index in [2.05, 4.69) is 5.32 Å². The molecule has 1 N–H and O–H groups in total. The number of nitro groups is 1. The van der Waals surface area contributed by atoms with Crippen molar-refractivity contribution in [3.05, 3.63) is 33.9 Å². The quantitative estimate of drug-likeness (QED) is 0.622. The Morgan fingerprint density at radius 3 is 2.55 bits per heavy atom. The minimum Gasteiger partial charge on any atom is -0.383 e. The molecule has 4 nitrogen and oxygen atoms in total. The summed E-state index contributed by atoms with van der Waals surface area (Å²) < 4.78 is 36.1. The average molecular weight is 290 g/mol. The Kier molecular flexibility index (Phi) is 5.35. The van der Waals surface area contributed by atoms with Crippen LogP contribution in [0.2, 0.25) is 0 Å². The maximum atomic E-state index is 12.0. The van der Waals surface area contributed by atoms with Gasteiger partial charge in [-0.05, 0) is 38.8 Å². The Morgan fingerprint density at radius 1 is 1.40 bits per heavy atom. The number of benzene rings is 1. The van der Waals surface area contributed by atoms with E-state index in [0.29, 0.717) is 17.7 Å². The summed E-state index contributed by atoms with van der Waals surface area (Å²) in [6.07, 6.45) is -4.47. The third-order valence-electron chi connectivity index (χ3n) is 2.90. The molecule has 1 aromatic rings. The van der Waals surface area contributed by atoms with Crippen molar-refractivity contribution in [2.24, 2.45) is 0 Å². The molecule has 112 valence electrons. The highest BCUT2D eigenvalue weighted by molar-refractivity contribution is 5.53. The Hall–Kier alpha value is -1.79. The lowest BCUT2D eigenvalue weighted by Gasteiger charge is -2.16. The molecule has 0 spiro atoms. The van der Waals surface area contributed by atoms with Crippen molar-refractivity contribution >= 4 is 11.4 Å². The van der Waals surface area contributed by atoms with E-state index in [-0.39, 0.29) is 18.2 Å². The van der Waals surface area contributed by atoms with Gasteiger partial charge in [-0.1, -0.05) is 0 Å². The van der Waals surface area contributed by atoms with Gasteiger partial charge >= 0.3 is 6.18 Å². The fourth-order valence-electron chi connectivity index (χ4n) is 1.92. The second kappa shape index (κ2) is 6.58. The van der Waals surface area contributed by atoms with Gasteiger partial charge in [0.15, 0.2) is 0 Å². The number of nitrogens with zero attached hydrogens (tertiary/aromatic N) is 1. The normalized spacial score (nSPS) is 13.1. The summed E-state index contributed by atoms with van der Waals surface area (Å²) in [7, 11) is 0. The van der Waals surface area contributed by atoms with E-state index in [1.54, 1.807) is 26.0 Å². The molecule has 0 amide bonds. The molecule has 0 saturated heterocycles. The zero-order valence-electron chi connectivity index (χ0n) is 11.3. The fraction of sp³-hybridized carbons (Fsp3) is 0.538. The number of halogens is 3. The Labute approximate surface area is 115 Å². The summed E-state index contributed by atoms with van der Waals surface area (Å²) >= 11 is 0. The maximum Gasteiger partial charge on any atom is 0.389 e. The Bertz CT molecular complexity index is 475. The minimum atomic E-state index is -4.12. The van der Waals surface area contributed by atoms with E-state index in [1.165, 1.54) is 6.07 Å². The number of alkyl halides is 3. The lowest BCUT2D eigenvalue weighted by molar-refractivity contribution is -0.385. The Balaban J connectivity index is 2.52. The Morgan fingerprint density at radius 2 is 2.05 bits per heavy atom. The van der Waals surface area contributed by atoms with Crippen LogP contribution in [0, 0.1) is 17.0 Å². The van der Waals surface area contributed by atoms with E-state index >= 15 is 0 Å². The number of nitro benzene ring substituents is 1. The highest BCUT2D eigenvalue weighted by Crippen LogP contribution is 2.25. The van der Waals surface area contributed by atoms with Crippen LogP contribution in [0.4, 0.5) is 24.5 Å². The number of nitrogens with one attached hydrogen (secondary N) is 1. The van der Waals surface area contributed by atoms with Gasteiger partial charge in [-0.3, -0.25) is 10.1 Å². The van der Waals surface area contributed by atoms with Crippen LogP contribution in [0.5, 0.6) is 0 Å². The van der Waals surface area contributed by atoms with E-state index in [1.807, 2.05) is 0 Å². The largest absolute Gasteiger partial charge is 0.389 e. The molecular weight excluding hydrogens is 273 g/mol. The van der Waals surface area contributed by atoms with Crippen LogP contribution >= 0.6 is 0 Å². The van der Waals surface area contributed by atoms with Gasteiger partial charge in [0.25, 0.3) is 5.69 Å². The second-order valence-electron chi connectivity index (χ2n) is 4.81. The van der Waals surface area contributed by atoms with Crippen LogP contribution in [-0.2, 0) is 0 Å². The molecular formula is C13H17F3N2O2. The zero-order valence-corrected chi connectivity index (χ0v) is 11.3. The monoisotopic (exact) mass is 290 g/mol. The molecule has 0 aliphatic carbocycles. The molecule has 1 rings (SSSR count). The van der Waals surface area contributed by atoms with Crippen LogP contribution in [-0.4, -0.2) is 17.1 Å². The molecule has 0 heterocycles. The van der Waals surface area contributed by atoms with Gasteiger partial charge in [0.2, 0.25) is 0 Å². The van der Waals surface area contributed by atoms with Gasteiger partial charge in [-0.25, -0.2) is 0 Å². The van der Waals surface area contributed by atoms with Crippen molar-refractivity contribution in [3.8, 4) is 0 Å². The summed E-state index contributed by atoms with van der Waals surface area (Å²) in [4.78, 5) is 10.2. The van der Waals surface area contributed by atoms with Crippen molar-refractivity contribution in [2.75, 3.05) is 5.32 Å². The summed E-state index contributed by atoms with van der Waals surface area (Å²) in [5.41, 5.74) is 1.22. The number of anilines is 1. The third kappa shape index (κ3) is 5.46. The van der Waals surface area contributed by atoms with E-state index < -0.39 is 17.5 Å². The maximum absolute atomic E-state index is 12.0. The van der Waals surface area contributed by atoms with Crippen molar-refractivity contribution in [1.82, 2.24) is 0 Å². The number of hydrogen-bond acceptors (Lipinski definition) is 3. The van der Waals surface area contributed by atoms with Gasteiger partial charge in [0, 0.05) is 29.8 Å². The van der Waals surface area contributed by atoms with Gasteiger partial charge in [-0.2, -0.15) is 13.2 Å². The zero-order chi connectivity index (χ0) is 15.3. The van der Waals surface area contributed by atoms with Crippen molar-refractivity contribution in [1.29, 1.82) is 0 Å². The van der Waals surface area contributed by atoms with Gasteiger partial charge in [-0.15, -0.1) is 0 Å². The van der Waals surface area contributed by atoms with E-state index in [0.717, 1.165) is 0 Å². The molecule has 7 heteroatoms. The predicted octanol–water partition coefficient (Wildman–Crippen LogP) is 4.44. The summed E-state index contributed by atoms with van der Waals surface area (Å²) in [5.74, 6) is 0. The lowest BCUT2D eigenvalue weighted by atomic mass is 10.1. The molecule has 0 fully saturated rings. The van der Waals surface area contributed by atoms with Gasteiger partial charge in [0.1, 0.15) is 0 Å². The molecule has 0 aromatic heterocycles. The van der Waals surface area contributed by atoms with Crippen molar-refractivity contribution < 1.29 is 18.1 Å². The summed E-state index contributed by atoms with van der Waals surface area (Å²) in [5, 5.41) is 13.7. The molecule has 0 aliphatic rings. The van der Waals surface area contributed by atoms with Crippen molar-refractivity contribution in [3.63, 3.8) is 0 Å². The topological polar surface area (TPSA) is 55.2 Å². The molecule has 1 unspecified atom stereocenters. The first-order valence-corrected chi connectivity index (χ1v) is 6.27. The van der Waals surface area contributed by atoms with E-state index in [4.69, 9.17) is 0 Å². The smallest absolute Gasteiger partial charge is 0.383 e. The van der Waals surface area contributed by atoms with Gasteiger partial charge in [0.05, 0.1) is 4.92 Å². The first kappa shape index (κ1) is 16.3.